The highest BCUT2D eigenvalue weighted by Crippen LogP contribution is 2.36. The van der Waals surface area contributed by atoms with Gasteiger partial charge in [0, 0.05) is 17.6 Å². The number of carbonyl (C=O) groups excluding carboxylic acids is 1. The number of benzene rings is 1. The van der Waals surface area contributed by atoms with Crippen LogP contribution >= 0.6 is 0 Å². The molecule has 0 aliphatic carbocycles. The number of amides is 1. The molecule has 1 heterocycles. The molecule has 0 spiro atoms. The highest BCUT2D eigenvalue weighted by molar-refractivity contribution is 5.89. The van der Waals surface area contributed by atoms with Gasteiger partial charge in [0.1, 0.15) is 6.04 Å². The molecule has 0 bridgehead atoms. The summed E-state index contributed by atoms with van der Waals surface area (Å²) in [4.78, 5) is 37.0. The SMILES string of the molecule is CC(C)(C)NC(=O)CN1c2ccc(C(C)(C)C(=O)O)cc2CC1C(=O)O. The zero-order valence-electron chi connectivity index (χ0n) is 15.8. The standard InChI is InChI=1S/C19H26N2O5/c1-18(2,3)20-15(22)10-21-13-7-6-12(19(4,5)17(25)26)8-11(13)9-14(21)16(23)24/h6-8,14H,9-10H2,1-5H3,(H,20,22)(H,23,24)(H,25,26). The Balaban J connectivity index is 2.35. The zero-order valence-corrected chi connectivity index (χ0v) is 15.8. The first-order valence-electron chi connectivity index (χ1n) is 8.50. The fraction of sp³-hybridized carbons (Fsp3) is 0.526. The van der Waals surface area contributed by atoms with Crippen LogP contribution in [0.1, 0.15) is 45.7 Å². The molecule has 1 aliphatic heterocycles. The second-order valence-corrected chi connectivity index (χ2v) is 8.26. The summed E-state index contributed by atoms with van der Waals surface area (Å²) < 4.78 is 0. The molecule has 1 aromatic rings. The van der Waals surface area contributed by atoms with Crippen molar-refractivity contribution in [3.63, 3.8) is 0 Å². The van der Waals surface area contributed by atoms with E-state index in [4.69, 9.17) is 0 Å². The number of hydrogen-bond donors (Lipinski definition) is 3. The second-order valence-electron chi connectivity index (χ2n) is 8.26. The molecule has 0 radical (unpaired) electrons. The lowest BCUT2D eigenvalue weighted by Crippen LogP contribution is -2.49. The first-order valence-corrected chi connectivity index (χ1v) is 8.50. The van der Waals surface area contributed by atoms with E-state index in [-0.39, 0.29) is 18.9 Å². The zero-order chi connectivity index (χ0) is 19.9. The number of carboxylic acids is 2. The number of anilines is 1. The second kappa shape index (κ2) is 6.63. The molecule has 1 amide bonds. The summed E-state index contributed by atoms with van der Waals surface area (Å²) in [5.41, 5.74) is 0.520. The van der Waals surface area contributed by atoms with Crippen LogP contribution in [0.3, 0.4) is 0 Å². The van der Waals surface area contributed by atoms with Gasteiger partial charge in [-0.2, -0.15) is 0 Å². The van der Waals surface area contributed by atoms with Crippen LogP contribution in [0.2, 0.25) is 0 Å². The molecule has 7 nitrogen and oxygen atoms in total. The molecule has 0 saturated heterocycles. The number of aliphatic carboxylic acids is 2. The lowest BCUT2D eigenvalue weighted by Gasteiger charge is -2.27. The van der Waals surface area contributed by atoms with Gasteiger partial charge >= 0.3 is 11.9 Å². The molecule has 1 aliphatic rings. The minimum Gasteiger partial charge on any atom is -0.481 e. The number of carbonyl (C=O) groups is 3. The van der Waals surface area contributed by atoms with Crippen molar-refractivity contribution in [3.05, 3.63) is 29.3 Å². The van der Waals surface area contributed by atoms with Crippen molar-refractivity contribution in [1.29, 1.82) is 0 Å². The van der Waals surface area contributed by atoms with Crippen LogP contribution in [0, 0.1) is 0 Å². The van der Waals surface area contributed by atoms with Gasteiger partial charge < -0.3 is 20.4 Å². The monoisotopic (exact) mass is 362 g/mol. The largest absolute Gasteiger partial charge is 0.481 e. The number of hydrogen-bond acceptors (Lipinski definition) is 4. The number of carboxylic acid groups (broad SMARTS) is 2. The molecule has 3 N–H and O–H groups in total. The quantitative estimate of drug-likeness (QED) is 0.737. The fourth-order valence-corrected chi connectivity index (χ4v) is 3.06. The average Bonchev–Trinajstić information content (AvgIpc) is 2.83. The van der Waals surface area contributed by atoms with E-state index in [1.165, 1.54) is 0 Å². The minimum absolute atomic E-state index is 0.0666. The van der Waals surface area contributed by atoms with E-state index in [1.54, 1.807) is 36.9 Å². The first kappa shape index (κ1) is 19.8. The minimum atomic E-state index is -1.08. The van der Waals surface area contributed by atoms with E-state index in [2.05, 4.69) is 5.32 Å². The summed E-state index contributed by atoms with van der Waals surface area (Å²) in [5.74, 6) is -2.22. The summed E-state index contributed by atoms with van der Waals surface area (Å²) in [6, 6.07) is 4.29. The molecule has 1 unspecified atom stereocenters. The third-order valence-corrected chi connectivity index (χ3v) is 4.55. The van der Waals surface area contributed by atoms with Crippen molar-refractivity contribution in [1.82, 2.24) is 5.32 Å². The van der Waals surface area contributed by atoms with Gasteiger partial charge in [0.2, 0.25) is 5.91 Å². The maximum absolute atomic E-state index is 12.3. The van der Waals surface area contributed by atoms with Gasteiger partial charge in [-0.05, 0) is 51.8 Å². The Labute approximate surface area is 153 Å². The molecular formula is C19H26N2O5. The Hall–Kier alpha value is -2.57. The number of fused-ring (bicyclic) bond motifs is 1. The van der Waals surface area contributed by atoms with Crippen molar-refractivity contribution in [3.8, 4) is 0 Å². The van der Waals surface area contributed by atoms with Crippen molar-refractivity contribution in [2.24, 2.45) is 0 Å². The lowest BCUT2D eigenvalue weighted by molar-refractivity contribution is -0.142. The molecular weight excluding hydrogens is 336 g/mol. The molecule has 7 heteroatoms. The summed E-state index contributed by atoms with van der Waals surface area (Å²) in [6.45, 7) is 8.72. The van der Waals surface area contributed by atoms with Crippen molar-refractivity contribution in [2.45, 2.75) is 58.0 Å². The van der Waals surface area contributed by atoms with E-state index in [1.807, 2.05) is 20.8 Å². The van der Waals surface area contributed by atoms with E-state index in [0.29, 0.717) is 11.3 Å². The smallest absolute Gasteiger partial charge is 0.326 e. The van der Waals surface area contributed by atoms with Gasteiger partial charge in [-0.15, -0.1) is 0 Å². The predicted molar refractivity (Wildman–Crippen MR) is 97.5 cm³/mol. The van der Waals surface area contributed by atoms with Crippen LogP contribution in [-0.2, 0) is 26.2 Å². The molecule has 0 aromatic heterocycles. The summed E-state index contributed by atoms with van der Waals surface area (Å²) >= 11 is 0. The van der Waals surface area contributed by atoms with Gasteiger partial charge in [-0.1, -0.05) is 12.1 Å². The van der Waals surface area contributed by atoms with Gasteiger partial charge in [0.15, 0.2) is 0 Å². The maximum atomic E-state index is 12.3. The van der Waals surface area contributed by atoms with Crippen LogP contribution in [0.25, 0.3) is 0 Å². The van der Waals surface area contributed by atoms with Gasteiger partial charge in [-0.25, -0.2) is 4.79 Å². The van der Waals surface area contributed by atoms with Gasteiger partial charge in [0.25, 0.3) is 0 Å². The van der Waals surface area contributed by atoms with E-state index in [0.717, 1.165) is 5.56 Å². The third-order valence-electron chi connectivity index (χ3n) is 4.55. The summed E-state index contributed by atoms with van der Waals surface area (Å²) in [6.07, 6.45) is 0.233. The normalized spacial score (nSPS) is 17.0. The van der Waals surface area contributed by atoms with Crippen molar-refractivity contribution < 1.29 is 24.6 Å². The van der Waals surface area contributed by atoms with Gasteiger partial charge in [0.05, 0.1) is 12.0 Å². The van der Waals surface area contributed by atoms with Crippen LogP contribution in [-0.4, -0.2) is 46.2 Å². The van der Waals surface area contributed by atoms with E-state index < -0.39 is 28.9 Å². The molecule has 142 valence electrons. The highest BCUT2D eigenvalue weighted by Gasteiger charge is 2.38. The molecule has 1 aromatic carbocycles. The fourth-order valence-electron chi connectivity index (χ4n) is 3.06. The molecule has 0 saturated carbocycles. The number of nitrogens with zero attached hydrogens (tertiary/aromatic N) is 1. The third kappa shape index (κ3) is 3.98. The number of nitrogens with one attached hydrogen (secondary N) is 1. The van der Waals surface area contributed by atoms with E-state index >= 15 is 0 Å². The van der Waals surface area contributed by atoms with E-state index in [9.17, 15) is 24.6 Å². The summed E-state index contributed by atoms with van der Waals surface area (Å²) in [5, 5.41) is 21.8. The Morgan fingerprint density at radius 3 is 2.27 bits per heavy atom. The Morgan fingerprint density at radius 1 is 1.15 bits per heavy atom. The maximum Gasteiger partial charge on any atom is 0.326 e. The molecule has 0 fully saturated rings. The number of rotatable bonds is 5. The van der Waals surface area contributed by atoms with Crippen LogP contribution < -0.4 is 10.2 Å². The highest BCUT2D eigenvalue weighted by atomic mass is 16.4. The topological polar surface area (TPSA) is 107 Å². The average molecular weight is 362 g/mol. The molecule has 26 heavy (non-hydrogen) atoms. The van der Waals surface area contributed by atoms with Crippen LogP contribution in [0.4, 0.5) is 5.69 Å². The van der Waals surface area contributed by atoms with Crippen molar-refractivity contribution >= 4 is 23.5 Å². The van der Waals surface area contributed by atoms with Gasteiger partial charge in [-0.3, -0.25) is 9.59 Å². The molecule has 1 atom stereocenters. The van der Waals surface area contributed by atoms with Crippen LogP contribution in [0.5, 0.6) is 0 Å². The van der Waals surface area contributed by atoms with Crippen LogP contribution in [0.15, 0.2) is 18.2 Å². The lowest BCUT2D eigenvalue weighted by atomic mass is 9.83. The first-order chi connectivity index (χ1) is 11.8. The molecule has 2 rings (SSSR count). The Morgan fingerprint density at radius 2 is 1.77 bits per heavy atom. The summed E-state index contributed by atoms with van der Waals surface area (Å²) in [7, 11) is 0. The Kier molecular flexibility index (Phi) is 5.03. The van der Waals surface area contributed by atoms with Crippen molar-refractivity contribution in [2.75, 3.05) is 11.4 Å². The Bertz CT molecular complexity index is 749. The predicted octanol–water partition coefficient (Wildman–Crippen LogP) is 1.78.